The van der Waals surface area contributed by atoms with Crippen LogP contribution in [0.5, 0.6) is 0 Å². The number of rotatable bonds is 3. The molecule has 1 amide bonds. The van der Waals surface area contributed by atoms with Gasteiger partial charge in [0.25, 0.3) is 0 Å². The summed E-state index contributed by atoms with van der Waals surface area (Å²) in [7, 11) is 0. The summed E-state index contributed by atoms with van der Waals surface area (Å²) in [6.07, 6.45) is 7.24. The highest BCUT2D eigenvalue weighted by atomic mass is 32.1. The van der Waals surface area contributed by atoms with Crippen LogP contribution < -0.4 is 0 Å². The molecule has 0 radical (unpaired) electrons. The van der Waals surface area contributed by atoms with Crippen LogP contribution in [-0.4, -0.2) is 28.9 Å². The Morgan fingerprint density at radius 3 is 2.78 bits per heavy atom. The molecule has 4 rings (SSSR count). The Labute approximate surface area is 141 Å². The van der Waals surface area contributed by atoms with E-state index >= 15 is 0 Å². The minimum absolute atomic E-state index is 0.243. The molecular weight excluding hydrogens is 304 g/mol. The third-order valence-corrected chi connectivity index (χ3v) is 6.51. The second kappa shape index (κ2) is 6.08. The number of likely N-dealkylation sites (tertiary alicyclic amines) is 1. The van der Waals surface area contributed by atoms with E-state index in [4.69, 9.17) is 0 Å². The van der Waals surface area contributed by atoms with Crippen molar-refractivity contribution in [2.45, 2.75) is 43.4 Å². The average molecular weight is 326 g/mol. The van der Waals surface area contributed by atoms with E-state index < -0.39 is 0 Å². The summed E-state index contributed by atoms with van der Waals surface area (Å²) in [5, 5.41) is 2.10. The van der Waals surface area contributed by atoms with Crippen LogP contribution in [0.3, 0.4) is 0 Å². The fourth-order valence-corrected chi connectivity index (χ4v) is 5.18. The van der Waals surface area contributed by atoms with Crippen molar-refractivity contribution in [3.8, 4) is 0 Å². The van der Waals surface area contributed by atoms with Crippen molar-refractivity contribution in [1.29, 1.82) is 0 Å². The molecule has 1 atom stereocenters. The summed E-state index contributed by atoms with van der Waals surface area (Å²) in [5.41, 5.74) is 0.882. The van der Waals surface area contributed by atoms with Crippen LogP contribution >= 0.6 is 11.3 Å². The van der Waals surface area contributed by atoms with Crippen LogP contribution in [0, 0.1) is 0 Å². The van der Waals surface area contributed by atoms with Gasteiger partial charge in [0.15, 0.2) is 0 Å². The molecule has 0 bridgehead atoms. The van der Waals surface area contributed by atoms with Crippen molar-refractivity contribution in [3.05, 3.63) is 52.5 Å². The van der Waals surface area contributed by atoms with Crippen molar-refractivity contribution in [1.82, 2.24) is 9.88 Å². The van der Waals surface area contributed by atoms with E-state index in [1.807, 2.05) is 18.3 Å². The van der Waals surface area contributed by atoms with Gasteiger partial charge in [-0.3, -0.25) is 9.78 Å². The van der Waals surface area contributed by atoms with Gasteiger partial charge in [0.05, 0.1) is 5.41 Å². The number of hydrogen-bond donors (Lipinski definition) is 0. The Bertz CT molecular complexity index is 662. The minimum Gasteiger partial charge on any atom is -0.341 e. The van der Waals surface area contributed by atoms with Crippen LogP contribution in [-0.2, 0) is 10.2 Å². The molecule has 1 aliphatic heterocycles. The van der Waals surface area contributed by atoms with Crippen molar-refractivity contribution in [2.24, 2.45) is 0 Å². The molecular formula is C19H22N2OS. The van der Waals surface area contributed by atoms with E-state index in [1.54, 1.807) is 11.3 Å². The van der Waals surface area contributed by atoms with Crippen LogP contribution in [0.25, 0.3) is 0 Å². The molecule has 4 heteroatoms. The average Bonchev–Trinajstić information content (AvgIpc) is 3.35. The molecule has 1 saturated heterocycles. The molecule has 0 aromatic carbocycles. The van der Waals surface area contributed by atoms with E-state index in [1.165, 1.54) is 17.7 Å². The van der Waals surface area contributed by atoms with Gasteiger partial charge in [-0.1, -0.05) is 25.0 Å². The zero-order valence-corrected chi connectivity index (χ0v) is 14.1. The highest BCUT2D eigenvalue weighted by Gasteiger charge is 2.47. The van der Waals surface area contributed by atoms with Crippen molar-refractivity contribution >= 4 is 17.2 Å². The Kier molecular flexibility index (Phi) is 3.93. The van der Waals surface area contributed by atoms with E-state index in [-0.39, 0.29) is 5.41 Å². The van der Waals surface area contributed by atoms with Crippen LogP contribution in [0.15, 0.2) is 41.9 Å². The molecule has 1 saturated carbocycles. The summed E-state index contributed by atoms with van der Waals surface area (Å²) in [6.45, 7) is 1.69. The van der Waals surface area contributed by atoms with E-state index in [0.29, 0.717) is 11.8 Å². The molecule has 0 unspecified atom stereocenters. The lowest BCUT2D eigenvalue weighted by molar-refractivity contribution is -0.136. The predicted octanol–water partition coefficient (Wildman–Crippen LogP) is 3.97. The third kappa shape index (κ3) is 2.59. The summed E-state index contributed by atoms with van der Waals surface area (Å²) in [5.74, 6) is 0.748. The van der Waals surface area contributed by atoms with E-state index in [0.717, 1.165) is 38.0 Å². The molecule has 23 heavy (non-hydrogen) atoms. The lowest BCUT2D eigenvalue weighted by Crippen LogP contribution is -2.44. The number of pyridine rings is 1. The highest BCUT2D eigenvalue weighted by molar-refractivity contribution is 7.10. The minimum atomic E-state index is -0.243. The van der Waals surface area contributed by atoms with Crippen molar-refractivity contribution in [3.63, 3.8) is 0 Å². The number of aromatic nitrogens is 1. The Morgan fingerprint density at radius 1 is 1.22 bits per heavy atom. The Hall–Kier alpha value is -1.68. The maximum absolute atomic E-state index is 13.4. The fourth-order valence-electron chi connectivity index (χ4n) is 4.20. The maximum Gasteiger partial charge on any atom is 0.234 e. The predicted molar refractivity (Wildman–Crippen MR) is 92.6 cm³/mol. The van der Waals surface area contributed by atoms with E-state index in [2.05, 4.69) is 33.5 Å². The lowest BCUT2D eigenvalue weighted by Gasteiger charge is -2.31. The molecule has 3 nitrogen and oxygen atoms in total. The first-order valence-electron chi connectivity index (χ1n) is 8.54. The number of carbonyl (C=O) groups excluding carboxylic acids is 1. The van der Waals surface area contributed by atoms with Gasteiger partial charge in [-0.05, 0) is 42.8 Å². The molecule has 2 fully saturated rings. The number of amides is 1. The molecule has 1 aliphatic carbocycles. The molecule has 0 N–H and O–H groups in total. The normalized spacial score (nSPS) is 23.3. The number of hydrogen-bond acceptors (Lipinski definition) is 3. The topological polar surface area (TPSA) is 33.2 Å². The van der Waals surface area contributed by atoms with Crippen LogP contribution in [0.4, 0.5) is 0 Å². The third-order valence-electron chi connectivity index (χ3n) is 5.44. The molecule has 2 aromatic rings. The number of thiophene rings is 1. The Morgan fingerprint density at radius 2 is 2.09 bits per heavy atom. The maximum atomic E-state index is 13.4. The first-order chi connectivity index (χ1) is 11.3. The highest BCUT2D eigenvalue weighted by Crippen LogP contribution is 2.45. The second-order valence-corrected chi connectivity index (χ2v) is 7.71. The molecule has 3 heterocycles. The smallest absolute Gasteiger partial charge is 0.234 e. The van der Waals surface area contributed by atoms with Gasteiger partial charge in [-0.2, -0.15) is 0 Å². The van der Waals surface area contributed by atoms with Gasteiger partial charge in [-0.15, -0.1) is 11.3 Å². The second-order valence-electron chi connectivity index (χ2n) is 6.76. The van der Waals surface area contributed by atoms with Gasteiger partial charge in [0.2, 0.25) is 5.91 Å². The molecule has 2 aliphatic rings. The lowest BCUT2D eigenvalue weighted by atomic mass is 9.83. The summed E-state index contributed by atoms with van der Waals surface area (Å²) >= 11 is 1.74. The first kappa shape index (κ1) is 14.9. The van der Waals surface area contributed by atoms with Gasteiger partial charge in [0.1, 0.15) is 0 Å². The molecule has 120 valence electrons. The van der Waals surface area contributed by atoms with Crippen LogP contribution in [0.2, 0.25) is 0 Å². The van der Waals surface area contributed by atoms with Gasteiger partial charge < -0.3 is 4.90 Å². The van der Waals surface area contributed by atoms with Gasteiger partial charge >= 0.3 is 0 Å². The quantitative estimate of drug-likeness (QED) is 0.855. The van der Waals surface area contributed by atoms with Gasteiger partial charge in [0, 0.05) is 35.8 Å². The summed E-state index contributed by atoms with van der Waals surface area (Å²) in [4.78, 5) is 21.2. The summed E-state index contributed by atoms with van der Waals surface area (Å²) < 4.78 is 0. The number of nitrogens with zero attached hydrogens (tertiary/aromatic N) is 2. The molecule has 2 aromatic heterocycles. The zero-order valence-electron chi connectivity index (χ0n) is 13.3. The molecule has 0 spiro atoms. The fraction of sp³-hybridized carbons (Fsp3) is 0.474. The van der Waals surface area contributed by atoms with Crippen molar-refractivity contribution in [2.75, 3.05) is 13.1 Å². The summed E-state index contributed by atoms with van der Waals surface area (Å²) in [6, 6.07) is 10.3. The van der Waals surface area contributed by atoms with Crippen molar-refractivity contribution < 1.29 is 4.79 Å². The monoisotopic (exact) mass is 326 g/mol. The number of carbonyl (C=O) groups is 1. The largest absolute Gasteiger partial charge is 0.341 e. The Balaban J connectivity index is 1.55. The SMILES string of the molecule is O=C(N1CC[C@H](c2ccccn2)C1)C1(c2cccs2)CCCC1. The van der Waals surface area contributed by atoms with Gasteiger partial charge in [-0.25, -0.2) is 0 Å². The first-order valence-corrected chi connectivity index (χ1v) is 9.42. The van der Waals surface area contributed by atoms with Crippen LogP contribution in [0.1, 0.15) is 48.6 Å². The zero-order chi connectivity index (χ0) is 15.7. The van der Waals surface area contributed by atoms with E-state index in [9.17, 15) is 4.79 Å². The standard InChI is InChI=1S/C19H22N2OS/c22-18(19(9-2-3-10-19)17-7-5-13-23-17)21-12-8-15(14-21)16-6-1-4-11-20-16/h1,4-7,11,13,15H,2-3,8-10,12,14H2/t15-/m0/s1.